The van der Waals surface area contributed by atoms with E-state index in [1.54, 1.807) is 18.7 Å². The normalized spacial score (nSPS) is 11.0. The van der Waals surface area contributed by atoms with Gasteiger partial charge in [-0.15, -0.1) is 0 Å². The van der Waals surface area contributed by atoms with E-state index in [1.807, 2.05) is 24.5 Å². The molecule has 4 aromatic rings. The molecule has 4 heterocycles. The Hall–Kier alpha value is -2.26. The summed E-state index contributed by atoms with van der Waals surface area (Å²) in [6.45, 7) is 0.601. The van der Waals surface area contributed by atoms with Crippen LogP contribution in [-0.4, -0.2) is 24.9 Å². The first-order valence-electron chi connectivity index (χ1n) is 7.94. The van der Waals surface area contributed by atoms with Crippen molar-refractivity contribution in [1.29, 1.82) is 0 Å². The van der Waals surface area contributed by atoms with Gasteiger partial charge in [-0.25, -0.2) is 15.0 Å². The molecular formula is C18H14ClIN6. The highest BCUT2D eigenvalue weighted by molar-refractivity contribution is 14.1. The van der Waals surface area contributed by atoms with Crippen LogP contribution in [0.15, 0.2) is 49.3 Å². The van der Waals surface area contributed by atoms with E-state index in [0.29, 0.717) is 11.6 Å². The van der Waals surface area contributed by atoms with Crippen molar-refractivity contribution in [3.63, 3.8) is 0 Å². The fourth-order valence-corrected chi connectivity index (χ4v) is 3.51. The van der Waals surface area contributed by atoms with Crippen molar-refractivity contribution in [1.82, 2.24) is 24.9 Å². The highest BCUT2D eigenvalue weighted by Gasteiger charge is 2.09. The van der Waals surface area contributed by atoms with Crippen LogP contribution < -0.4 is 5.32 Å². The number of pyridine rings is 2. The Balaban J connectivity index is 1.50. The molecule has 6 nitrogen and oxygen atoms in total. The molecule has 0 radical (unpaired) electrons. The summed E-state index contributed by atoms with van der Waals surface area (Å²) in [6.07, 6.45) is 9.51. The lowest BCUT2D eigenvalue weighted by Gasteiger charge is -2.09. The third-order valence-corrected chi connectivity index (χ3v) is 5.34. The Bertz CT molecular complexity index is 1060. The zero-order valence-electron chi connectivity index (χ0n) is 13.6. The summed E-state index contributed by atoms with van der Waals surface area (Å²) in [7, 11) is 0. The van der Waals surface area contributed by atoms with E-state index in [0.717, 1.165) is 43.7 Å². The molecule has 26 heavy (non-hydrogen) atoms. The Labute approximate surface area is 168 Å². The fourth-order valence-electron chi connectivity index (χ4n) is 2.69. The summed E-state index contributed by atoms with van der Waals surface area (Å²) >= 11 is 8.40. The van der Waals surface area contributed by atoms with Crippen molar-refractivity contribution in [3.05, 3.63) is 74.7 Å². The second kappa shape index (κ2) is 7.55. The van der Waals surface area contributed by atoms with Gasteiger partial charge >= 0.3 is 0 Å². The van der Waals surface area contributed by atoms with Crippen LogP contribution in [0.5, 0.6) is 0 Å². The van der Waals surface area contributed by atoms with E-state index in [-0.39, 0.29) is 0 Å². The maximum Gasteiger partial charge on any atom is 0.140 e. The van der Waals surface area contributed by atoms with Crippen molar-refractivity contribution < 1.29 is 0 Å². The monoisotopic (exact) mass is 476 g/mol. The average Bonchev–Trinajstić information content (AvgIpc) is 3.06. The fraction of sp³-hybridized carbons (Fsp3) is 0.111. The summed E-state index contributed by atoms with van der Waals surface area (Å²) in [5.74, 6) is 0.813. The van der Waals surface area contributed by atoms with Crippen molar-refractivity contribution in [2.45, 2.75) is 13.0 Å². The van der Waals surface area contributed by atoms with Crippen LogP contribution in [-0.2, 0) is 13.0 Å². The molecule has 130 valence electrons. The van der Waals surface area contributed by atoms with Crippen molar-refractivity contribution >= 4 is 51.0 Å². The third kappa shape index (κ3) is 3.63. The van der Waals surface area contributed by atoms with Gasteiger partial charge in [0.05, 0.1) is 5.02 Å². The van der Waals surface area contributed by atoms with Crippen molar-refractivity contribution in [3.8, 4) is 0 Å². The quantitative estimate of drug-likeness (QED) is 0.333. The van der Waals surface area contributed by atoms with Crippen LogP contribution >= 0.6 is 34.2 Å². The van der Waals surface area contributed by atoms with Gasteiger partial charge in [0.25, 0.3) is 0 Å². The number of aromatic amines is 1. The summed E-state index contributed by atoms with van der Waals surface area (Å²) in [6, 6.07) is 5.97. The van der Waals surface area contributed by atoms with Crippen LogP contribution in [0.3, 0.4) is 0 Å². The van der Waals surface area contributed by atoms with Crippen molar-refractivity contribution in [2.75, 3.05) is 5.32 Å². The number of fused-ring (bicyclic) bond motifs is 1. The molecule has 8 heteroatoms. The zero-order chi connectivity index (χ0) is 17.9. The predicted octanol–water partition coefficient (Wildman–Crippen LogP) is 4.21. The lowest BCUT2D eigenvalue weighted by atomic mass is 10.1. The Morgan fingerprint density at radius 3 is 2.85 bits per heavy atom. The molecule has 0 fully saturated rings. The first-order valence-corrected chi connectivity index (χ1v) is 9.40. The van der Waals surface area contributed by atoms with Gasteiger partial charge in [-0.3, -0.25) is 4.98 Å². The molecule has 4 rings (SSSR count). The maximum absolute atomic E-state index is 6.14. The number of H-pyrrole nitrogens is 1. The molecule has 0 bridgehead atoms. The van der Waals surface area contributed by atoms with E-state index < -0.39 is 0 Å². The second-order valence-corrected chi connectivity index (χ2v) is 7.17. The van der Waals surface area contributed by atoms with E-state index in [2.05, 4.69) is 58.9 Å². The minimum Gasteiger partial charge on any atom is -0.366 e. The van der Waals surface area contributed by atoms with Crippen LogP contribution in [0.25, 0.3) is 11.0 Å². The van der Waals surface area contributed by atoms with Gasteiger partial charge in [0.1, 0.15) is 21.5 Å². The number of nitrogens with zero attached hydrogens (tertiary/aromatic N) is 4. The second-order valence-electron chi connectivity index (χ2n) is 5.74. The summed E-state index contributed by atoms with van der Waals surface area (Å²) in [5, 5.41) is 4.99. The Morgan fingerprint density at radius 1 is 1.08 bits per heavy atom. The minimum absolute atomic E-state index is 0.601. The molecule has 2 N–H and O–H groups in total. The number of hydrogen-bond donors (Lipinski definition) is 2. The van der Waals surface area contributed by atoms with Gasteiger partial charge < -0.3 is 10.3 Å². The largest absolute Gasteiger partial charge is 0.366 e. The highest BCUT2D eigenvalue weighted by atomic mass is 127. The Morgan fingerprint density at radius 2 is 2.00 bits per heavy atom. The predicted molar refractivity (Wildman–Crippen MR) is 110 cm³/mol. The van der Waals surface area contributed by atoms with E-state index >= 15 is 0 Å². The molecule has 0 amide bonds. The van der Waals surface area contributed by atoms with E-state index in [9.17, 15) is 0 Å². The molecule has 0 saturated carbocycles. The van der Waals surface area contributed by atoms with Crippen LogP contribution in [0, 0.1) is 3.70 Å². The van der Waals surface area contributed by atoms with Gasteiger partial charge in [-0.1, -0.05) is 17.7 Å². The van der Waals surface area contributed by atoms with Gasteiger partial charge in [-0.2, -0.15) is 0 Å². The number of anilines is 1. The maximum atomic E-state index is 6.14. The zero-order valence-corrected chi connectivity index (χ0v) is 16.5. The molecule has 0 saturated heterocycles. The highest BCUT2D eigenvalue weighted by Crippen LogP contribution is 2.22. The third-order valence-electron chi connectivity index (χ3n) is 4.06. The molecule has 0 aliphatic rings. The van der Waals surface area contributed by atoms with Crippen LogP contribution in [0.4, 0.5) is 5.82 Å². The number of nitrogens with one attached hydrogen (secondary N) is 2. The molecule has 0 spiro atoms. The average molecular weight is 477 g/mol. The molecule has 0 unspecified atom stereocenters. The molecule has 0 aliphatic heterocycles. The van der Waals surface area contributed by atoms with Crippen LogP contribution in [0.1, 0.15) is 16.7 Å². The standard InChI is InChI=1S/C18H14ClIN6/c19-15-9-21-4-3-12(15)6-23-16-2-1-11(17(20)26-16)5-13-7-24-18-14(13)8-22-10-25-18/h1-4,7-10H,5-6H2,(H,23,26)(H,22,24,25). The first-order chi connectivity index (χ1) is 12.7. The van der Waals surface area contributed by atoms with E-state index in [4.69, 9.17) is 11.6 Å². The topological polar surface area (TPSA) is 79.4 Å². The number of halogens is 2. The smallest absolute Gasteiger partial charge is 0.140 e. The van der Waals surface area contributed by atoms with Gasteiger partial charge in [0, 0.05) is 43.1 Å². The SMILES string of the molecule is Clc1cnccc1CNc1ccc(Cc2c[nH]c3ncncc23)c(I)n1. The lowest BCUT2D eigenvalue weighted by Crippen LogP contribution is -2.04. The number of rotatable bonds is 5. The van der Waals surface area contributed by atoms with Crippen molar-refractivity contribution in [2.24, 2.45) is 0 Å². The first kappa shape index (κ1) is 17.2. The summed E-state index contributed by atoms with van der Waals surface area (Å²) in [4.78, 5) is 20.2. The molecule has 0 aromatic carbocycles. The minimum atomic E-state index is 0.601. The number of aromatic nitrogens is 5. The van der Waals surface area contributed by atoms with Gasteiger partial charge in [0.2, 0.25) is 0 Å². The molecule has 0 aliphatic carbocycles. The van der Waals surface area contributed by atoms with Gasteiger partial charge in [0.15, 0.2) is 0 Å². The summed E-state index contributed by atoms with van der Waals surface area (Å²) in [5.41, 5.74) is 4.15. The van der Waals surface area contributed by atoms with Crippen LogP contribution in [0.2, 0.25) is 5.02 Å². The molecular weight excluding hydrogens is 463 g/mol. The lowest BCUT2D eigenvalue weighted by molar-refractivity contribution is 1.06. The molecule has 4 aromatic heterocycles. The Kier molecular flexibility index (Phi) is 4.98. The summed E-state index contributed by atoms with van der Waals surface area (Å²) < 4.78 is 0.958. The molecule has 0 atom stereocenters. The van der Waals surface area contributed by atoms with E-state index in [1.165, 1.54) is 0 Å². The number of hydrogen-bond acceptors (Lipinski definition) is 5. The van der Waals surface area contributed by atoms with Gasteiger partial charge in [-0.05, 0) is 51.4 Å².